The largest absolute Gasteiger partial charge is 0.357 e. The highest BCUT2D eigenvalue weighted by atomic mass is 79.9. The quantitative estimate of drug-likeness (QED) is 0.923. The fourth-order valence-electron chi connectivity index (χ4n) is 1.33. The molecule has 0 fully saturated rings. The smallest absolute Gasteiger partial charge is 0.224 e. The van der Waals surface area contributed by atoms with Crippen LogP contribution in [0.25, 0.3) is 10.7 Å². The van der Waals surface area contributed by atoms with Gasteiger partial charge in [-0.1, -0.05) is 0 Å². The van der Waals surface area contributed by atoms with Crippen LogP contribution in [0.4, 0.5) is 5.95 Å². The third-order valence-electron chi connectivity index (χ3n) is 2.18. The lowest BCUT2D eigenvalue weighted by Gasteiger charge is -1.99. The summed E-state index contributed by atoms with van der Waals surface area (Å²) >= 11 is 5.18. The van der Waals surface area contributed by atoms with Crippen LogP contribution < -0.4 is 5.32 Å². The summed E-state index contributed by atoms with van der Waals surface area (Å²) in [6.07, 6.45) is 0. The van der Waals surface area contributed by atoms with Crippen LogP contribution in [-0.2, 0) is 7.05 Å². The maximum Gasteiger partial charge on any atom is 0.224 e. The molecule has 2 aromatic heterocycles. The molecule has 2 heterocycles. The molecule has 0 aliphatic carbocycles. The number of rotatable bonds is 2. The van der Waals surface area contributed by atoms with Crippen LogP contribution in [0.5, 0.6) is 0 Å². The van der Waals surface area contributed by atoms with Crippen molar-refractivity contribution in [3.8, 4) is 10.7 Å². The molecule has 0 aliphatic rings. The van der Waals surface area contributed by atoms with E-state index in [2.05, 4.69) is 44.4 Å². The highest BCUT2D eigenvalue weighted by Crippen LogP contribution is 2.34. The predicted octanol–water partition coefficient (Wildman–Crippen LogP) is 2.66. The SMILES string of the molecule is CNc1nnc(-c2cc(C)c(Br)s2)n1C. The first-order valence-corrected chi connectivity index (χ1v) is 6.08. The van der Waals surface area contributed by atoms with Crippen LogP contribution in [-0.4, -0.2) is 21.8 Å². The number of aromatic nitrogens is 3. The van der Waals surface area contributed by atoms with E-state index in [1.807, 2.05) is 18.7 Å². The fourth-order valence-corrected chi connectivity index (χ4v) is 2.89. The van der Waals surface area contributed by atoms with Gasteiger partial charge in [-0.3, -0.25) is 4.57 Å². The highest BCUT2D eigenvalue weighted by Gasteiger charge is 2.12. The summed E-state index contributed by atoms with van der Waals surface area (Å²) in [7, 11) is 3.79. The maximum atomic E-state index is 4.15. The Labute approximate surface area is 100 Å². The molecule has 0 saturated carbocycles. The van der Waals surface area contributed by atoms with Crippen molar-refractivity contribution in [3.63, 3.8) is 0 Å². The Morgan fingerprint density at radius 3 is 2.67 bits per heavy atom. The minimum Gasteiger partial charge on any atom is -0.357 e. The van der Waals surface area contributed by atoms with Gasteiger partial charge in [-0.05, 0) is 34.5 Å². The summed E-state index contributed by atoms with van der Waals surface area (Å²) in [6.45, 7) is 2.07. The molecule has 0 unspecified atom stereocenters. The van der Waals surface area contributed by atoms with E-state index in [1.54, 1.807) is 11.3 Å². The van der Waals surface area contributed by atoms with Gasteiger partial charge in [0, 0.05) is 14.1 Å². The van der Waals surface area contributed by atoms with E-state index < -0.39 is 0 Å². The Hall–Kier alpha value is -0.880. The zero-order valence-corrected chi connectivity index (χ0v) is 11.1. The second-order valence-electron chi connectivity index (χ2n) is 3.22. The van der Waals surface area contributed by atoms with Crippen molar-refractivity contribution in [2.75, 3.05) is 12.4 Å². The molecule has 0 saturated heterocycles. The van der Waals surface area contributed by atoms with Crippen molar-refractivity contribution in [2.24, 2.45) is 7.05 Å². The van der Waals surface area contributed by atoms with Crippen molar-refractivity contribution in [1.82, 2.24) is 14.8 Å². The second kappa shape index (κ2) is 3.94. The first-order chi connectivity index (χ1) is 7.13. The van der Waals surface area contributed by atoms with Gasteiger partial charge in [0.1, 0.15) is 0 Å². The average molecular weight is 287 g/mol. The Bertz CT molecular complexity index is 469. The van der Waals surface area contributed by atoms with Gasteiger partial charge in [0.25, 0.3) is 0 Å². The normalized spacial score (nSPS) is 10.7. The van der Waals surface area contributed by atoms with Crippen molar-refractivity contribution in [3.05, 3.63) is 15.4 Å². The monoisotopic (exact) mass is 286 g/mol. The van der Waals surface area contributed by atoms with E-state index in [0.29, 0.717) is 0 Å². The highest BCUT2D eigenvalue weighted by molar-refractivity contribution is 9.11. The number of hydrogen-bond donors (Lipinski definition) is 1. The minimum atomic E-state index is 0.771. The molecular weight excluding hydrogens is 276 g/mol. The van der Waals surface area contributed by atoms with Gasteiger partial charge >= 0.3 is 0 Å². The van der Waals surface area contributed by atoms with E-state index in [1.165, 1.54) is 5.56 Å². The summed E-state index contributed by atoms with van der Waals surface area (Å²) in [5.74, 6) is 1.66. The van der Waals surface area contributed by atoms with E-state index in [-0.39, 0.29) is 0 Å². The summed E-state index contributed by atoms with van der Waals surface area (Å²) in [5.41, 5.74) is 1.23. The summed E-state index contributed by atoms with van der Waals surface area (Å²) in [4.78, 5) is 1.12. The van der Waals surface area contributed by atoms with Crippen LogP contribution in [0.2, 0.25) is 0 Å². The van der Waals surface area contributed by atoms with Crippen LogP contribution >= 0.6 is 27.3 Å². The lowest BCUT2D eigenvalue weighted by Crippen LogP contribution is -1.98. The molecule has 80 valence electrons. The van der Waals surface area contributed by atoms with Gasteiger partial charge in [0.05, 0.1) is 8.66 Å². The van der Waals surface area contributed by atoms with E-state index in [0.717, 1.165) is 20.4 Å². The number of nitrogens with zero attached hydrogens (tertiary/aromatic N) is 3. The van der Waals surface area contributed by atoms with E-state index >= 15 is 0 Å². The molecule has 2 rings (SSSR count). The Balaban J connectivity index is 2.49. The maximum absolute atomic E-state index is 4.15. The number of anilines is 1. The molecule has 2 aromatic rings. The lowest BCUT2D eigenvalue weighted by molar-refractivity contribution is 0.927. The van der Waals surface area contributed by atoms with Crippen LogP contribution in [0.1, 0.15) is 5.56 Å². The Kier molecular flexibility index (Phi) is 2.79. The van der Waals surface area contributed by atoms with Gasteiger partial charge < -0.3 is 5.32 Å². The first kappa shape index (κ1) is 10.6. The number of thiophene rings is 1. The molecule has 0 spiro atoms. The lowest BCUT2D eigenvalue weighted by atomic mass is 10.3. The topological polar surface area (TPSA) is 42.7 Å². The van der Waals surface area contributed by atoms with Gasteiger partial charge in [-0.15, -0.1) is 21.5 Å². The third-order valence-corrected chi connectivity index (χ3v) is 4.31. The van der Waals surface area contributed by atoms with Gasteiger partial charge in [-0.2, -0.15) is 0 Å². The molecular formula is C9H11BrN4S. The molecule has 0 aromatic carbocycles. The van der Waals surface area contributed by atoms with Crippen molar-refractivity contribution < 1.29 is 0 Å². The molecule has 0 aliphatic heterocycles. The van der Waals surface area contributed by atoms with Gasteiger partial charge in [0.15, 0.2) is 5.82 Å². The molecule has 0 amide bonds. The Morgan fingerprint density at radius 1 is 1.47 bits per heavy atom. The first-order valence-electron chi connectivity index (χ1n) is 4.47. The number of halogens is 1. The predicted molar refractivity (Wildman–Crippen MR) is 66.3 cm³/mol. The molecule has 1 N–H and O–H groups in total. The molecule has 0 atom stereocenters. The fraction of sp³-hybridized carbons (Fsp3) is 0.333. The molecule has 15 heavy (non-hydrogen) atoms. The molecule has 4 nitrogen and oxygen atoms in total. The zero-order chi connectivity index (χ0) is 11.0. The zero-order valence-electron chi connectivity index (χ0n) is 8.71. The summed E-state index contributed by atoms with van der Waals surface area (Å²) in [5, 5.41) is 11.2. The second-order valence-corrected chi connectivity index (χ2v) is 5.59. The number of hydrogen-bond acceptors (Lipinski definition) is 4. The molecule has 0 bridgehead atoms. The number of nitrogens with one attached hydrogen (secondary N) is 1. The third kappa shape index (κ3) is 1.79. The van der Waals surface area contributed by atoms with E-state index in [4.69, 9.17) is 0 Å². The average Bonchev–Trinajstić information content (AvgIpc) is 2.71. The van der Waals surface area contributed by atoms with Crippen molar-refractivity contribution >= 4 is 33.2 Å². The van der Waals surface area contributed by atoms with Crippen LogP contribution in [0.15, 0.2) is 9.85 Å². The minimum absolute atomic E-state index is 0.771. The molecule has 0 radical (unpaired) electrons. The Morgan fingerprint density at radius 2 is 2.20 bits per heavy atom. The summed E-state index contributed by atoms with van der Waals surface area (Å²) in [6, 6.07) is 2.11. The van der Waals surface area contributed by atoms with Gasteiger partial charge in [-0.25, -0.2) is 0 Å². The molecule has 6 heteroatoms. The van der Waals surface area contributed by atoms with Crippen molar-refractivity contribution in [2.45, 2.75) is 6.92 Å². The summed E-state index contributed by atoms with van der Waals surface area (Å²) < 4.78 is 3.09. The van der Waals surface area contributed by atoms with Crippen LogP contribution in [0, 0.1) is 6.92 Å². The van der Waals surface area contributed by atoms with Crippen LogP contribution in [0.3, 0.4) is 0 Å². The standard InChI is InChI=1S/C9H11BrN4S/c1-5-4-6(15-7(5)10)8-12-13-9(11-2)14(8)3/h4H,1-3H3,(H,11,13). The number of aryl methyl sites for hydroxylation is 1. The van der Waals surface area contributed by atoms with Gasteiger partial charge in [0.2, 0.25) is 5.95 Å². The van der Waals surface area contributed by atoms with E-state index in [9.17, 15) is 0 Å². The van der Waals surface area contributed by atoms with Crippen molar-refractivity contribution in [1.29, 1.82) is 0 Å².